The van der Waals surface area contributed by atoms with Crippen molar-refractivity contribution in [1.29, 1.82) is 0 Å². The maximum atomic E-state index is 14.1. The van der Waals surface area contributed by atoms with E-state index < -0.39 is 17.4 Å². The second-order valence-corrected chi connectivity index (χ2v) is 10.9. The largest absolute Gasteiger partial charge is 0.350 e. The number of hydrogen-bond acceptors (Lipinski definition) is 3. The molecule has 180 valence electrons. The molecule has 1 N–H and O–H groups in total. The first-order valence-electron chi connectivity index (χ1n) is 10.5. The lowest BCUT2D eigenvalue weighted by molar-refractivity contribution is -0.140. The molecule has 0 bridgehead atoms. The lowest BCUT2D eigenvalue weighted by Gasteiger charge is -2.33. The van der Waals surface area contributed by atoms with Gasteiger partial charge in [-0.15, -0.1) is 11.8 Å². The molecule has 0 aliphatic carbocycles. The van der Waals surface area contributed by atoms with Gasteiger partial charge in [-0.2, -0.15) is 0 Å². The molecule has 0 fully saturated rings. The molecule has 1 atom stereocenters. The quantitative estimate of drug-likeness (QED) is 0.388. The van der Waals surface area contributed by atoms with Gasteiger partial charge in [0.15, 0.2) is 0 Å². The van der Waals surface area contributed by atoms with Gasteiger partial charge in [0.2, 0.25) is 11.8 Å². The number of carbonyl (C=O) groups excluding carboxylic acids is 2. The Hall–Kier alpha value is -1.47. The smallest absolute Gasteiger partial charge is 0.243 e. The van der Waals surface area contributed by atoms with Gasteiger partial charge >= 0.3 is 0 Å². The van der Waals surface area contributed by atoms with E-state index >= 15 is 0 Å². The van der Waals surface area contributed by atoms with E-state index in [4.69, 9.17) is 34.8 Å². The SMILES string of the molecule is CCC(C(=O)NC(C)(C)C)N(Cc1ccc(Cl)cc1Cl)C(=O)CSCc1c(F)cccc1Cl. The number of amides is 2. The summed E-state index contributed by atoms with van der Waals surface area (Å²) in [5.74, 6) is -0.629. The van der Waals surface area contributed by atoms with Crippen LogP contribution in [0.4, 0.5) is 4.39 Å². The second kappa shape index (κ2) is 12.3. The molecular weight excluding hydrogens is 506 g/mol. The standard InChI is InChI=1S/C24H28Cl3FN2O2S/c1-5-21(23(32)29-24(2,3)4)30(12-15-9-10-16(25)11-19(15)27)22(31)14-33-13-17-18(26)7-6-8-20(17)28/h6-11,21H,5,12-14H2,1-4H3,(H,29,32). The Labute approximate surface area is 214 Å². The van der Waals surface area contributed by atoms with Crippen molar-refractivity contribution in [3.8, 4) is 0 Å². The monoisotopic (exact) mass is 532 g/mol. The summed E-state index contributed by atoms with van der Waals surface area (Å²) in [7, 11) is 0. The predicted octanol–water partition coefficient (Wildman–Crippen LogP) is 6.74. The Bertz CT molecular complexity index is 978. The summed E-state index contributed by atoms with van der Waals surface area (Å²) in [6.45, 7) is 7.64. The zero-order chi connectivity index (χ0) is 24.8. The average Bonchev–Trinajstić information content (AvgIpc) is 2.70. The Morgan fingerprint density at radius 2 is 1.82 bits per heavy atom. The molecule has 2 aromatic rings. The molecule has 2 aromatic carbocycles. The number of carbonyl (C=O) groups is 2. The van der Waals surface area contributed by atoms with Crippen molar-refractivity contribution in [1.82, 2.24) is 10.2 Å². The van der Waals surface area contributed by atoms with E-state index in [1.807, 2.05) is 27.7 Å². The summed E-state index contributed by atoms with van der Waals surface area (Å²) in [5.41, 5.74) is 0.577. The fourth-order valence-corrected chi connectivity index (χ4v) is 4.92. The van der Waals surface area contributed by atoms with Crippen LogP contribution in [0.15, 0.2) is 36.4 Å². The second-order valence-electron chi connectivity index (χ2n) is 8.61. The molecule has 0 heterocycles. The van der Waals surface area contributed by atoms with Crippen LogP contribution in [-0.2, 0) is 21.9 Å². The van der Waals surface area contributed by atoms with E-state index in [0.717, 1.165) is 0 Å². The molecule has 4 nitrogen and oxygen atoms in total. The highest BCUT2D eigenvalue weighted by molar-refractivity contribution is 7.99. The Morgan fingerprint density at radius 3 is 2.39 bits per heavy atom. The molecule has 0 aromatic heterocycles. The van der Waals surface area contributed by atoms with Gasteiger partial charge in [-0.25, -0.2) is 4.39 Å². The summed E-state index contributed by atoms with van der Waals surface area (Å²) in [6.07, 6.45) is 0.419. The van der Waals surface area contributed by atoms with Crippen molar-refractivity contribution in [3.63, 3.8) is 0 Å². The van der Waals surface area contributed by atoms with Gasteiger partial charge in [-0.05, 0) is 57.0 Å². The van der Waals surface area contributed by atoms with Gasteiger partial charge in [0.1, 0.15) is 11.9 Å². The molecule has 1 unspecified atom stereocenters. The Kier molecular flexibility index (Phi) is 10.3. The van der Waals surface area contributed by atoms with Crippen LogP contribution in [0.25, 0.3) is 0 Å². The molecule has 33 heavy (non-hydrogen) atoms. The summed E-state index contributed by atoms with van der Waals surface area (Å²) < 4.78 is 14.1. The average molecular weight is 534 g/mol. The van der Waals surface area contributed by atoms with Crippen LogP contribution in [0.1, 0.15) is 45.2 Å². The molecule has 0 spiro atoms. The molecule has 2 amide bonds. The summed E-state index contributed by atoms with van der Waals surface area (Å²) in [6, 6.07) is 8.83. The van der Waals surface area contributed by atoms with E-state index in [2.05, 4.69) is 5.32 Å². The number of halogens is 4. The lowest BCUT2D eigenvalue weighted by atomic mass is 10.1. The fourth-order valence-electron chi connectivity index (χ4n) is 3.20. The highest BCUT2D eigenvalue weighted by Gasteiger charge is 2.31. The molecule has 9 heteroatoms. The van der Waals surface area contributed by atoms with Crippen molar-refractivity contribution in [2.75, 3.05) is 5.75 Å². The number of hydrogen-bond donors (Lipinski definition) is 1. The van der Waals surface area contributed by atoms with Crippen LogP contribution in [0.5, 0.6) is 0 Å². The number of benzene rings is 2. The number of thioether (sulfide) groups is 1. The van der Waals surface area contributed by atoms with Crippen molar-refractivity contribution in [2.45, 2.75) is 58.0 Å². The van der Waals surface area contributed by atoms with Crippen LogP contribution >= 0.6 is 46.6 Å². The molecule has 0 saturated heterocycles. The number of nitrogens with one attached hydrogen (secondary N) is 1. The highest BCUT2D eigenvalue weighted by Crippen LogP contribution is 2.26. The van der Waals surface area contributed by atoms with Crippen LogP contribution in [0.3, 0.4) is 0 Å². The normalized spacial score (nSPS) is 12.4. The van der Waals surface area contributed by atoms with Crippen LogP contribution in [0, 0.1) is 5.82 Å². The van der Waals surface area contributed by atoms with Crippen molar-refractivity contribution in [3.05, 3.63) is 68.4 Å². The summed E-state index contributed by atoms with van der Waals surface area (Å²) in [4.78, 5) is 27.8. The van der Waals surface area contributed by atoms with Crippen molar-refractivity contribution < 1.29 is 14.0 Å². The van der Waals surface area contributed by atoms with Gasteiger partial charge in [0.05, 0.1) is 5.75 Å². The van der Waals surface area contributed by atoms with Gasteiger partial charge in [0.25, 0.3) is 0 Å². The van der Waals surface area contributed by atoms with Crippen LogP contribution in [0.2, 0.25) is 15.1 Å². The molecule has 0 aliphatic heterocycles. The zero-order valence-electron chi connectivity index (χ0n) is 19.1. The fraction of sp³-hybridized carbons (Fsp3) is 0.417. The third-order valence-corrected chi connectivity index (χ3v) is 6.66. The highest BCUT2D eigenvalue weighted by atomic mass is 35.5. The van der Waals surface area contributed by atoms with E-state index in [9.17, 15) is 14.0 Å². The van der Waals surface area contributed by atoms with Crippen LogP contribution in [-0.4, -0.2) is 34.0 Å². The summed E-state index contributed by atoms with van der Waals surface area (Å²) >= 11 is 19.7. The number of rotatable bonds is 9. The maximum absolute atomic E-state index is 14.1. The van der Waals surface area contributed by atoms with Gasteiger partial charge in [-0.1, -0.05) is 53.9 Å². The Balaban J connectivity index is 2.24. The van der Waals surface area contributed by atoms with Crippen LogP contribution < -0.4 is 5.32 Å². The topological polar surface area (TPSA) is 49.4 Å². The van der Waals surface area contributed by atoms with Crippen molar-refractivity contribution in [2.24, 2.45) is 0 Å². The molecule has 0 saturated carbocycles. The lowest BCUT2D eigenvalue weighted by Crippen LogP contribution is -2.53. The summed E-state index contributed by atoms with van der Waals surface area (Å²) in [5, 5.41) is 4.16. The van der Waals surface area contributed by atoms with E-state index in [1.165, 1.54) is 28.8 Å². The Morgan fingerprint density at radius 1 is 1.12 bits per heavy atom. The minimum absolute atomic E-state index is 0.0508. The molecular formula is C24H28Cl3FN2O2S. The van der Waals surface area contributed by atoms with E-state index in [0.29, 0.717) is 32.6 Å². The minimum atomic E-state index is -0.693. The third kappa shape index (κ3) is 8.36. The maximum Gasteiger partial charge on any atom is 0.243 e. The predicted molar refractivity (Wildman–Crippen MR) is 137 cm³/mol. The van der Waals surface area contributed by atoms with Gasteiger partial charge in [-0.3, -0.25) is 9.59 Å². The number of nitrogens with zero attached hydrogens (tertiary/aromatic N) is 1. The van der Waals surface area contributed by atoms with E-state index in [-0.39, 0.29) is 29.9 Å². The van der Waals surface area contributed by atoms with Gasteiger partial charge in [0, 0.05) is 38.5 Å². The zero-order valence-corrected chi connectivity index (χ0v) is 22.1. The van der Waals surface area contributed by atoms with Crippen molar-refractivity contribution >= 4 is 58.4 Å². The first kappa shape index (κ1) is 27.8. The van der Waals surface area contributed by atoms with E-state index in [1.54, 1.807) is 24.3 Å². The molecule has 0 radical (unpaired) electrons. The van der Waals surface area contributed by atoms with Gasteiger partial charge < -0.3 is 10.2 Å². The first-order chi connectivity index (χ1) is 15.4. The molecule has 2 rings (SSSR count). The molecule has 0 aliphatic rings. The minimum Gasteiger partial charge on any atom is -0.350 e. The first-order valence-corrected chi connectivity index (χ1v) is 12.8. The third-order valence-electron chi connectivity index (χ3n) is 4.77.